The standard InChI is InChI=1S/C32H39ClFN5O5/c1-19-15-22(11-12-25(19)34)42-23-10-9-21(24(33)16-23)17-37(8)28(40)32(13-14-32)38-18-26(35-36-38)27-20(2)43-31(6,7)39(27)29(41)44-30(3,4)5/h9-12,15-16,18,20,27H,13-14,17H2,1-8H3/t20-,27+/m1/s1. The van der Waals surface area contributed by atoms with E-state index in [4.69, 9.17) is 25.8 Å². The predicted molar refractivity (Wildman–Crippen MR) is 162 cm³/mol. The van der Waals surface area contributed by atoms with Crippen molar-refractivity contribution >= 4 is 23.6 Å². The lowest BCUT2D eigenvalue weighted by Crippen LogP contribution is -2.47. The number of hydrogen-bond acceptors (Lipinski definition) is 7. The van der Waals surface area contributed by atoms with Crippen molar-refractivity contribution < 1.29 is 28.2 Å². The second kappa shape index (κ2) is 11.3. The number of carbonyl (C=O) groups is 2. The van der Waals surface area contributed by atoms with Crippen molar-refractivity contribution in [2.45, 2.75) is 96.9 Å². The fraction of sp³-hybridized carbons (Fsp3) is 0.500. The molecule has 0 spiro atoms. The van der Waals surface area contributed by atoms with Crippen molar-refractivity contribution in [2.75, 3.05) is 7.05 Å². The average molecular weight is 628 g/mol. The second-order valence-electron chi connectivity index (χ2n) is 13.1. The molecule has 2 aromatic carbocycles. The highest BCUT2D eigenvalue weighted by Crippen LogP contribution is 2.47. The van der Waals surface area contributed by atoms with Crippen LogP contribution in [-0.4, -0.2) is 61.3 Å². The number of amides is 2. The molecular formula is C32H39ClFN5O5. The number of ether oxygens (including phenoxy) is 3. The average Bonchev–Trinajstić information content (AvgIpc) is 3.49. The third-order valence-electron chi connectivity index (χ3n) is 7.89. The highest BCUT2D eigenvalue weighted by molar-refractivity contribution is 6.31. The van der Waals surface area contributed by atoms with E-state index >= 15 is 0 Å². The van der Waals surface area contributed by atoms with Gasteiger partial charge in [0.2, 0.25) is 0 Å². The Bertz CT molecular complexity index is 1580. The second-order valence-corrected chi connectivity index (χ2v) is 13.5. The Kier molecular flexibility index (Phi) is 8.17. The summed E-state index contributed by atoms with van der Waals surface area (Å²) < 4.78 is 32.9. The summed E-state index contributed by atoms with van der Waals surface area (Å²) in [6.07, 6.45) is 2.06. The first kappa shape index (κ1) is 31.7. The number of nitrogens with zero attached hydrogens (tertiary/aromatic N) is 5. The lowest BCUT2D eigenvalue weighted by atomic mass is 10.1. The van der Waals surface area contributed by atoms with E-state index in [0.29, 0.717) is 40.6 Å². The molecule has 236 valence electrons. The fourth-order valence-corrected chi connectivity index (χ4v) is 5.87. The van der Waals surface area contributed by atoms with Crippen molar-refractivity contribution in [1.29, 1.82) is 0 Å². The van der Waals surface area contributed by atoms with E-state index in [1.165, 1.54) is 6.07 Å². The van der Waals surface area contributed by atoms with E-state index in [2.05, 4.69) is 10.3 Å². The molecule has 0 radical (unpaired) electrons. The molecule has 0 N–H and O–H groups in total. The van der Waals surface area contributed by atoms with E-state index in [-0.39, 0.29) is 24.4 Å². The molecule has 2 atom stereocenters. The minimum atomic E-state index is -0.929. The van der Waals surface area contributed by atoms with Crippen molar-refractivity contribution in [3.05, 3.63) is 70.3 Å². The molecule has 2 amide bonds. The highest BCUT2D eigenvalue weighted by atomic mass is 35.5. The van der Waals surface area contributed by atoms with Crippen LogP contribution in [0, 0.1) is 12.7 Å². The summed E-state index contributed by atoms with van der Waals surface area (Å²) in [5.41, 5.74) is -0.743. The molecule has 1 saturated carbocycles. The molecule has 2 aliphatic rings. The molecule has 12 heteroatoms. The normalized spacial score (nSPS) is 20.4. The van der Waals surface area contributed by atoms with Crippen LogP contribution in [0.4, 0.5) is 9.18 Å². The lowest BCUT2D eigenvalue weighted by molar-refractivity contribution is -0.135. The zero-order chi connectivity index (χ0) is 32.2. The molecule has 0 bridgehead atoms. The zero-order valence-corrected chi connectivity index (χ0v) is 27.1. The van der Waals surface area contributed by atoms with Crippen molar-refractivity contribution in [3.63, 3.8) is 0 Å². The van der Waals surface area contributed by atoms with Gasteiger partial charge in [0.05, 0.1) is 12.3 Å². The van der Waals surface area contributed by atoms with Crippen LogP contribution in [0.2, 0.25) is 5.02 Å². The zero-order valence-electron chi connectivity index (χ0n) is 26.4. The van der Waals surface area contributed by atoms with Gasteiger partial charge < -0.3 is 19.1 Å². The molecule has 1 aromatic heterocycles. The highest BCUT2D eigenvalue weighted by Gasteiger charge is 2.56. The first-order chi connectivity index (χ1) is 20.5. The third-order valence-corrected chi connectivity index (χ3v) is 8.24. The Hall–Kier alpha value is -3.70. The van der Waals surface area contributed by atoms with Gasteiger partial charge in [-0.05, 0) is 103 Å². The van der Waals surface area contributed by atoms with Crippen LogP contribution in [0.1, 0.15) is 77.2 Å². The number of halogens is 2. The lowest BCUT2D eigenvalue weighted by Gasteiger charge is -2.34. The molecule has 1 saturated heterocycles. The number of hydrogen-bond donors (Lipinski definition) is 0. The minimum absolute atomic E-state index is 0.118. The Labute approximate surface area is 262 Å². The van der Waals surface area contributed by atoms with Gasteiger partial charge in [0, 0.05) is 18.6 Å². The number of rotatable bonds is 7. The van der Waals surface area contributed by atoms with Gasteiger partial charge in [0.15, 0.2) is 0 Å². The van der Waals surface area contributed by atoms with Crippen molar-refractivity contribution in [1.82, 2.24) is 24.8 Å². The van der Waals surface area contributed by atoms with Crippen LogP contribution in [0.5, 0.6) is 11.5 Å². The molecular weight excluding hydrogens is 589 g/mol. The maximum Gasteiger partial charge on any atom is 0.413 e. The van der Waals surface area contributed by atoms with Crippen molar-refractivity contribution in [3.8, 4) is 11.5 Å². The van der Waals surface area contributed by atoms with Gasteiger partial charge in [-0.2, -0.15) is 0 Å². The summed E-state index contributed by atoms with van der Waals surface area (Å²) in [7, 11) is 1.72. The summed E-state index contributed by atoms with van der Waals surface area (Å²) in [4.78, 5) is 30.2. The van der Waals surface area contributed by atoms with Crippen LogP contribution < -0.4 is 4.74 Å². The number of carbonyl (C=O) groups excluding carboxylic acids is 2. The number of likely N-dealkylation sites (N-methyl/N-ethyl adjacent to an activating group) is 1. The topological polar surface area (TPSA) is 99.0 Å². The van der Waals surface area contributed by atoms with E-state index in [9.17, 15) is 14.0 Å². The molecule has 44 heavy (non-hydrogen) atoms. The van der Waals surface area contributed by atoms with Gasteiger partial charge in [-0.1, -0.05) is 22.9 Å². The van der Waals surface area contributed by atoms with Gasteiger partial charge in [0.25, 0.3) is 5.91 Å². The van der Waals surface area contributed by atoms with Crippen LogP contribution in [0.15, 0.2) is 42.6 Å². The number of benzene rings is 2. The Morgan fingerprint density at radius 2 is 1.82 bits per heavy atom. The largest absolute Gasteiger partial charge is 0.457 e. The molecule has 1 aliphatic carbocycles. The predicted octanol–water partition coefficient (Wildman–Crippen LogP) is 6.75. The summed E-state index contributed by atoms with van der Waals surface area (Å²) in [5.74, 6) is 0.579. The summed E-state index contributed by atoms with van der Waals surface area (Å²) in [6.45, 7) is 12.9. The quantitative estimate of drug-likeness (QED) is 0.286. The molecule has 0 unspecified atom stereocenters. The molecule has 3 aromatic rings. The maximum absolute atomic E-state index is 13.8. The fourth-order valence-electron chi connectivity index (χ4n) is 5.64. The van der Waals surface area contributed by atoms with Crippen molar-refractivity contribution in [2.24, 2.45) is 0 Å². The van der Waals surface area contributed by atoms with E-state index in [1.54, 1.807) is 65.0 Å². The SMILES string of the molecule is Cc1cc(Oc2ccc(CN(C)C(=O)C3(n4cc([C@@H]5[C@@H](C)OC(C)(C)N5C(=O)OC(C)(C)C)nn4)CC3)c(Cl)c2)ccc1F. The molecule has 1 aliphatic heterocycles. The Morgan fingerprint density at radius 3 is 2.43 bits per heavy atom. The number of aromatic nitrogens is 3. The Balaban J connectivity index is 1.30. The van der Waals surface area contributed by atoms with Crippen LogP contribution in [0.25, 0.3) is 0 Å². The van der Waals surface area contributed by atoms with Gasteiger partial charge in [0.1, 0.15) is 45.9 Å². The summed E-state index contributed by atoms with van der Waals surface area (Å²) >= 11 is 6.58. The van der Waals surface area contributed by atoms with Gasteiger partial charge >= 0.3 is 6.09 Å². The first-order valence-corrected chi connectivity index (χ1v) is 15.0. The van der Waals surface area contributed by atoms with Crippen LogP contribution in [-0.2, 0) is 26.4 Å². The summed E-state index contributed by atoms with van der Waals surface area (Å²) in [5, 5.41) is 9.19. The van der Waals surface area contributed by atoms with Gasteiger partial charge in [-0.3, -0.25) is 9.69 Å². The third kappa shape index (κ3) is 6.25. The minimum Gasteiger partial charge on any atom is -0.457 e. The van der Waals surface area contributed by atoms with E-state index in [0.717, 1.165) is 5.56 Å². The monoisotopic (exact) mass is 627 g/mol. The smallest absolute Gasteiger partial charge is 0.413 e. The van der Waals surface area contributed by atoms with Crippen LogP contribution >= 0.6 is 11.6 Å². The van der Waals surface area contributed by atoms with E-state index in [1.807, 2.05) is 41.5 Å². The van der Waals surface area contributed by atoms with Crippen LogP contribution in [0.3, 0.4) is 0 Å². The maximum atomic E-state index is 13.8. The van der Waals surface area contributed by atoms with E-state index < -0.39 is 29.0 Å². The van der Waals surface area contributed by atoms with Gasteiger partial charge in [-0.15, -0.1) is 5.10 Å². The first-order valence-electron chi connectivity index (χ1n) is 14.6. The Morgan fingerprint density at radius 1 is 1.16 bits per heavy atom. The molecule has 2 heterocycles. The van der Waals surface area contributed by atoms with Gasteiger partial charge in [-0.25, -0.2) is 13.9 Å². The molecule has 10 nitrogen and oxygen atoms in total. The number of aryl methyl sites for hydroxylation is 1. The molecule has 5 rings (SSSR count). The molecule has 2 fully saturated rings. The summed E-state index contributed by atoms with van der Waals surface area (Å²) in [6, 6.07) is 9.22.